The topological polar surface area (TPSA) is 72.8 Å². The fourth-order valence-electron chi connectivity index (χ4n) is 8.79. The third-order valence-corrected chi connectivity index (χ3v) is 13.1. The summed E-state index contributed by atoms with van der Waals surface area (Å²) < 4.78 is 10.7. The molecule has 0 aromatic heterocycles. The van der Waals surface area contributed by atoms with Gasteiger partial charge in [0, 0.05) is 12.8 Å². The van der Waals surface area contributed by atoms with E-state index in [1.54, 1.807) is 0 Å². The van der Waals surface area contributed by atoms with Crippen LogP contribution in [0.4, 0.5) is 0 Å². The van der Waals surface area contributed by atoms with Gasteiger partial charge in [0.25, 0.3) is 0 Å². The van der Waals surface area contributed by atoms with E-state index in [1.807, 2.05) is 0 Å². The van der Waals surface area contributed by atoms with Gasteiger partial charge < -0.3 is 14.6 Å². The minimum absolute atomic E-state index is 0.0624. The summed E-state index contributed by atoms with van der Waals surface area (Å²) >= 11 is 0. The molecule has 0 bridgehead atoms. The van der Waals surface area contributed by atoms with Gasteiger partial charge in [-0.2, -0.15) is 0 Å². The Morgan fingerprint density at radius 3 is 0.871 bits per heavy atom. The molecule has 0 saturated carbocycles. The first kappa shape index (κ1) is 60.6. The summed E-state index contributed by atoms with van der Waals surface area (Å²) in [6.07, 6.45) is 66.3. The van der Waals surface area contributed by atoms with Gasteiger partial charge in [-0.05, 0) is 38.5 Å². The lowest BCUT2D eigenvalue weighted by Crippen LogP contribution is -2.28. The second-order valence-corrected chi connectivity index (χ2v) is 19.4. The number of ether oxygens (including phenoxy) is 2. The summed E-state index contributed by atoms with van der Waals surface area (Å²) in [5.41, 5.74) is 0. The third-order valence-electron chi connectivity index (χ3n) is 13.1. The molecule has 0 aliphatic heterocycles. The highest BCUT2D eigenvalue weighted by atomic mass is 16.6. The van der Waals surface area contributed by atoms with Crippen LogP contribution in [-0.4, -0.2) is 36.4 Å². The smallest absolute Gasteiger partial charge is 0.306 e. The molecule has 5 nitrogen and oxygen atoms in total. The lowest BCUT2D eigenvalue weighted by Gasteiger charge is -2.15. The highest BCUT2D eigenvalue weighted by molar-refractivity contribution is 5.70. The summed E-state index contributed by atoms with van der Waals surface area (Å²) in [4.78, 5) is 24.4. The van der Waals surface area contributed by atoms with Gasteiger partial charge in [-0.3, -0.25) is 9.59 Å². The Hall–Kier alpha value is -1.36. The van der Waals surface area contributed by atoms with Crippen molar-refractivity contribution < 1.29 is 24.2 Å². The first-order valence-electron chi connectivity index (χ1n) is 28.2. The zero-order chi connectivity index (χ0) is 44.9. The standard InChI is InChI=1S/C57H110O5/c1-3-5-7-9-11-13-15-17-19-20-21-22-23-24-25-26-27-28-29-30-31-32-33-34-35-36-38-39-41-43-45-47-49-51-56(59)61-54-55(53-58)62-57(60)52-50-48-46-44-42-40-37-18-16-14-12-10-8-6-4-2/h18,37,55,58H,3-17,19-36,38-54H2,1-2H3/b37-18-. The van der Waals surface area contributed by atoms with E-state index < -0.39 is 6.10 Å². The fraction of sp³-hybridized carbons (Fsp3) is 0.930. The molecule has 1 N–H and O–H groups in total. The average Bonchev–Trinajstić information content (AvgIpc) is 3.28. The van der Waals surface area contributed by atoms with Crippen LogP contribution in [-0.2, 0) is 19.1 Å². The first-order chi connectivity index (χ1) is 30.6. The van der Waals surface area contributed by atoms with Crippen molar-refractivity contribution in [1.82, 2.24) is 0 Å². The largest absolute Gasteiger partial charge is 0.462 e. The Balaban J connectivity index is 3.37. The predicted molar refractivity (Wildman–Crippen MR) is 270 cm³/mol. The van der Waals surface area contributed by atoms with E-state index in [-0.39, 0.29) is 25.2 Å². The second kappa shape index (κ2) is 54.0. The molecule has 5 heteroatoms. The zero-order valence-electron chi connectivity index (χ0n) is 42.2. The molecular weight excluding hydrogens is 765 g/mol. The number of rotatable bonds is 53. The van der Waals surface area contributed by atoms with Crippen LogP contribution < -0.4 is 0 Å². The Bertz CT molecular complexity index is 902. The SMILES string of the molecule is CCCCCCCC/C=C\CCCCCCCC(=O)OC(CO)COC(=O)CCCCCCCCCCCCCCCCCCCCCCCCCCCCCCCCCCC. The van der Waals surface area contributed by atoms with Crippen molar-refractivity contribution in [3.8, 4) is 0 Å². The number of esters is 2. The van der Waals surface area contributed by atoms with Gasteiger partial charge in [-0.1, -0.05) is 283 Å². The molecule has 0 amide bonds. The van der Waals surface area contributed by atoms with E-state index in [0.717, 1.165) is 38.5 Å². The number of aliphatic hydroxyl groups excluding tert-OH is 1. The number of unbranched alkanes of at least 4 members (excludes halogenated alkanes) is 43. The summed E-state index contributed by atoms with van der Waals surface area (Å²) in [6, 6.07) is 0. The van der Waals surface area contributed by atoms with Crippen molar-refractivity contribution >= 4 is 11.9 Å². The van der Waals surface area contributed by atoms with Gasteiger partial charge in [-0.15, -0.1) is 0 Å². The Morgan fingerprint density at radius 1 is 0.355 bits per heavy atom. The van der Waals surface area contributed by atoms with Crippen LogP contribution in [0, 0.1) is 0 Å². The lowest BCUT2D eigenvalue weighted by atomic mass is 10.0. The van der Waals surface area contributed by atoms with Crippen molar-refractivity contribution in [2.24, 2.45) is 0 Å². The normalized spacial score (nSPS) is 12.1. The minimum Gasteiger partial charge on any atom is -0.462 e. The minimum atomic E-state index is -0.771. The molecular formula is C57H110O5. The number of hydrogen-bond donors (Lipinski definition) is 1. The Morgan fingerprint density at radius 2 is 0.597 bits per heavy atom. The summed E-state index contributed by atoms with van der Waals surface area (Å²) in [5.74, 6) is -0.582. The summed E-state index contributed by atoms with van der Waals surface area (Å²) in [6.45, 7) is 4.17. The van der Waals surface area contributed by atoms with Crippen LogP contribution in [0.2, 0.25) is 0 Å². The van der Waals surface area contributed by atoms with E-state index >= 15 is 0 Å². The van der Waals surface area contributed by atoms with Gasteiger partial charge in [0.1, 0.15) is 6.61 Å². The van der Waals surface area contributed by atoms with E-state index in [1.165, 1.54) is 257 Å². The molecule has 1 atom stereocenters. The number of carbonyl (C=O) groups is 2. The monoisotopic (exact) mass is 875 g/mol. The van der Waals surface area contributed by atoms with Gasteiger partial charge in [0.05, 0.1) is 6.61 Å². The second-order valence-electron chi connectivity index (χ2n) is 19.4. The maximum absolute atomic E-state index is 12.2. The van der Waals surface area contributed by atoms with Crippen molar-refractivity contribution in [1.29, 1.82) is 0 Å². The molecule has 0 saturated heterocycles. The first-order valence-corrected chi connectivity index (χ1v) is 28.2. The molecule has 0 aliphatic carbocycles. The maximum Gasteiger partial charge on any atom is 0.306 e. The van der Waals surface area contributed by atoms with E-state index in [4.69, 9.17) is 9.47 Å². The summed E-state index contributed by atoms with van der Waals surface area (Å²) in [7, 11) is 0. The molecule has 0 spiro atoms. The highest BCUT2D eigenvalue weighted by Crippen LogP contribution is 2.18. The van der Waals surface area contributed by atoms with Crippen LogP contribution in [0.25, 0.3) is 0 Å². The number of allylic oxidation sites excluding steroid dienone is 2. The molecule has 368 valence electrons. The van der Waals surface area contributed by atoms with Gasteiger partial charge in [-0.25, -0.2) is 0 Å². The van der Waals surface area contributed by atoms with Gasteiger partial charge >= 0.3 is 11.9 Å². The summed E-state index contributed by atoms with van der Waals surface area (Å²) in [5, 5.41) is 9.62. The molecule has 1 unspecified atom stereocenters. The number of hydrogen-bond acceptors (Lipinski definition) is 5. The highest BCUT2D eigenvalue weighted by Gasteiger charge is 2.16. The van der Waals surface area contributed by atoms with Crippen LogP contribution in [0.5, 0.6) is 0 Å². The number of aliphatic hydroxyl groups is 1. The molecule has 62 heavy (non-hydrogen) atoms. The van der Waals surface area contributed by atoms with Crippen LogP contribution >= 0.6 is 0 Å². The molecule has 0 aromatic rings. The zero-order valence-corrected chi connectivity index (χ0v) is 42.2. The quantitative estimate of drug-likeness (QED) is 0.0374. The van der Waals surface area contributed by atoms with Gasteiger partial charge in [0.2, 0.25) is 0 Å². The lowest BCUT2D eigenvalue weighted by molar-refractivity contribution is -0.161. The van der Waals surface area contributed by atoms with Crippen molar-refractivity contribution in [2.45, 2.75) is 328 Å². The van der Waals surface area contributed by atoms with Crippen LogP contribution in [0.15, 0.2) is 12.2 Å². The number of carbonyl (C=O) groups excluding carboxylic acids is 2. The van der Waals surface area contributed by atoms with Crippen LogP contribution in [0.1, 0.15) is 322 Å². The molecule has 0 rings (SSSR count). The molecule has 0 radical (unpaired) electrons. The van der Waals surface area contributed by atoms with Crippen molar-refractivity contribution in [3.05, 3.63) is 12.2 Å². The molecule has 0 aliphatic rings. The third kappa shape index (κ3) is 51.3. The fourth-order valence-corrected chi connectivity index (χ4v) is 8.79. The molecule has 0 aromatic carbocycles. The van der Waals surface area contributed by atoms with E-state index in [2.05, 4.69) is 26.0 Å². The average molecular weight is 876 g/mol. The molecule has 0 fully saturated rings. The van der Waals surface area contributed by atoms with Gasteiger partial charge in [0.15, 0.2) is 6.10 Å². The van der Waals surface area contributed by atoms with Crippen molar-refractivity contribution in [3.63, 3.8) is 0 Å². The Kier molecular flexibility index (Phi) is 52.8. The van der Waals surface area contributed by atoms with E-state index in [9.17, 15) is 14.7 Å². The molecule has 0 heterocycles. The Labute approximate surface area is 388 Å². The maximum atomic E-state index is 12.2. The van der Waals surface area contributed by atoms with Crippen molar-refractivity contribution in [2.75, 3.05) is 13.2 Å². The van der Waals surface area contributed by atoms with E-state index in [0.29, 0.717) is 12.8 Å². The predicted octanol–water partition coefficient (Wildman–Crippen LogP) is 18.8. The van der Waals surface area contributed by atoms with Crippen LogP contribution in [0.3, 0.4) is 0 Å².